The van der Waals surface area contributed by atoms with Crippen LogP contribution in [0, 0.1) is 5.92 Å². The van der Waals surface area contributed by atoms with Gasteiger partial charge in [0, 0.05) is 11.6 Å². The lowest BCUT2D eigenvalue weighted by molar-refractivity contribution is 0.0739. The highest BCUT2D eigenvalue weighted by Gasteiger charge is 2.35. The monoisotopic (exact) mass is 282 g/mol. The predicted octanol–water partition coefficient (Wildman–Crippen LogP) is 4.45. The van der Waals surface area contributed by atoms with Gasteiger partial charge in [0.25, 0.3) is 0 Å². The van der Waals surface area contributed by atoms with Crippen molar-refractivity contribution in [3.63, 3.8) is 0 Å². The van der Waals surface area contributed by atoms with Gasteiger partial charge in [-0.25, -0.2) is 0 Å². The molecule has 2 unspecified atom stereocenters. The second-order valence-corrected chi connectivity index (χ2v) is 7.29. The first-order chi connectivity index (χ1) is 9.52. The van der Waals surface area contributed by atoms with Crippen molar-refractivity contribution < 1.29 is 0 Å². The van der Waals surface area contributed by atoms with E-state index in [9.17, 15) is 0 Å². The smallest absolute Gasteiger partial charge is 0.0306 e. The highest BCUT2D eigenvalue weighted by molar-refractivity contribution is 4.94. The summed E-state index contributed by atoms with van der Waals surface area (Å²) in [7, 11) is 0. The van der Waals surface area contributed by atoms with E-state index in [1.807, 2.05) is 0 Å². The fourth-order valence-corrected chi connectivity index (χ4v) is 3.75. The molecule has 1 rings (SSSR count). The van der Waals surface area contributed by atoms with Crippen LogP contribution in [0.15, 0.2) is 0 Å². The number of nitrogens with one attached hydrogen (secondary N) is 1. The normalized spacial score (nSPS) is 21.4. The van der Waals surface area contributed by atoms with Gasteiger partial charge in [-0.3, -0.25) is 4.90 Å². The first kappa shape index (κ1) is 18.0. The molecule has 1 aliphatic rings. The Hall–Kier alpha value is -0.0800. The summed E-state index contributed by atoms with van der Waals surface area (Å²) in [5, 5.41) is 3.79. The van der Waals surface area contributed by atoms with Gasteiger partial charge in [0.05, 0.1) is 0 Å². The quantitative estimate of drug-likeness (QED) is 0.708. The van der Waals surface area contributed by atoms with Crippen LogP contribution in [0.2, 0.25) is 0 Å². The van der Waals surface area contributed by atoms with E-state index in [0.29, 0.717) is 6.04 Å². The van der Waals surface area contributed by atoms with Gasteiger partial charge in [0.1, 0.15) is 0 Å². The average molecular weight is 283 g/mol. The molecule has 0 bridgehead atoms. The van der Waals surface area contributed by atoms with E-state index in [4.69, 9.17) is 0 Å². The summed E-state index contributed by atoms with van der Waals surface area (Å²) in [5.74, 6) is 0.829. The van der Waals surface area contributed by atoms with Crippen molar-refractivity contribution in [1.29, 1.82) is 0 Å². The Morgan fingerprint density at radius 3 is 2.15 bits per heavy atom. The van der Waals surface area contributed by atoms with Crippen LogP contribution in [-0.4, -0.2) is 36.1 Å². The largest absolute Gasteiger partial charge is 0.312 e. The maximum Gasteiger partial charge on any atom is 0.0306 e. The van der Waals surface area contributed by atoms with Crippen molar-refractivity contribution in [2.24, 2.45) is 5.92 Å². The molecule has 0 aromatic carbocycles. The third-order valence-electron chi connectivity index (χ3n) is 5.14. The number of rotatable bonds is 8. The number of hydrogen-bond donors (Lipinski definition) is 1. The second kappa shape index (κ2) is 9.04. The van der Waals surface area contributed by atoms with Crippen LogP contribution in [0.4, 0.5) is 0 Å². The molecule has 0 radical (unpaired) electrons. The molecule has 0 aromatic rings. The first-order valence-electron chi connectivity index (χ1n) is 9.00. The maximum absolute atomic E-state index is 3.79. The molecular formula is C18H38N2. The molecule has 20 heavy (non-hydrogen) atoms. The van der Waals surface area contributed by atoms with Crippen molar-refractivity contribution in [3.05, 3.63) is 0 Å². The Morgan fingerprint density at radius 1 is 1.05 bits per heavy atom. The predicted molar refractivity (Wildman–Crippen MR) is 90.3 cm³/mol. The second-order valence-electron chi connectivity index (χ2n) is 7.29. The summed E-state index contributed by atoms with van der Waals surface area (Å²) >= 11 is 0. The summed E-state index contributed by atoms with van der Waals surface area (Å²) in [6, 6.07) is 0.618. The molecule has 1 N–H and O–H groups in total. The number of nitrogens with zero attached hydrogens (tertiary/aromatic N) is 1. The van der Waals surface area contributed by atoms with E-state index >= 15 is 0 Å². The SMILES string of the molecule is CCCC(C)CC(NCC)C(C)(C)N1CCCCCC1. The molecule has 0 amide bonds. The molecule has 2 nitrogen and oxygen atoms in total. The zero-order valence-corrected chi connectivity index (χ0v) is 14.7. The summed E-state index contributed by atoms with van der Waals surface area (Å²) < 4.78 is 0. The Balaban J connectivity index is 2.69. The van der Waals surface area contributed by atoms with Crippen LogP contribution >= 0.6 is 0 Å². The van der Waals surface area contributed by atoms with E-state index in [1.54, 1.807) is 0 Å². The van der Waals surface area contributed by atoms with Gasteiger partial charge in [-0.15, -0.1) is 0 Å². The fourth-order valence-electron chi connectivity index (χ4n) is 3.75. The molecule has 0 aliphatic carbocycles. The fraction of sp³-hybridized carbons (Fsp3) is 1.00. The lowest BCUT2D eigenvalue weighted by Crippen LogP contribution is -2.58. The molecule has 1 fully saturated rings. The molecule has 2 heteroatoms. The van der Waals surface area contributed by atoms with Crippen molar-refractivity contribution in [2.45, 2.75) is 91.1 Å². The van der Waals surface area contributed by atoms with Gasteiger partial charge < -0.3 is 5.32 Å². The lowest BCUT2D eigenvalue weighted by Gasteiger charge is -2.45. The third-order valence-corrected chi connectivity index (χ3v) is 5.14. The maximum atomic E-state index is 3.79. The summed E-state index contributed by atoms with van der Waals surface area (Å²) in [6.07, 6.45) is 9.59. The van der Waals surface area contributed by atoms with Crippen molar-refractivity contribution in [1.82, 2.24) is 10.2 Å². The van der Waals surface area contributed by atoms with Gasteiger partial charge in [-0.1, -0.05) is 46.5 Å². The Bertz CT molecular complexity index is 242. The molecule has 1 aliphatic heterocycles. The average Bonchev–Trinajstić information content (AvgIpc) is 2.67. The lowest BCUT2D eigenvalue weighted by atomic mass is 9.84. The summed E-state index contributed by atoms with van der Waals surface area (Å²) in [6.45, 7) is 15.6. The van der Waals surface area contributed by atoms with Crippen molar-refractivity contribution in [2.75, 3.05) is 19.6 Å². The molecular weight excluding hydrogens is 244 g/mol. The van der Waals surface area contributed by atoms with E-state index in [-0.39, 0.29) is 5.54 Å². The molecule has 2 atom stereocenters. The summed E-state index contributed by atoms with van der Waals surface area (Å²) in [5.41, 5.74) is 0.280. The van der Waals surface area contributed by atoms with Crippen molar-refractivity contribution in [3.8, 4) is 0 Å². The standard InChI is InChI=1S/C18H38N2/c1-6-12-16(3)15-17(19-7-2)18(4,5)20-13-10-8-9-11-14-20/h16-17,19H,6-15H2,1-5H3. The Kier molecular flexibility index (Phi) is 8.13. The molecule has 120 valence electrons. The van der Waals surface area contributed by atoms with Crippen molar-refractivity contribution >= 4 is 0 Å². The first-order valence-corrected chi connectivity index (χ1v) is 9.00. The van der Waals surface area contributed by atoms with Gasteiger partial charge >= 0.3 is 0 Å². The highest BCUT2D eigenvalue weighted by atomic mass is 15.2. The number of hydrogen-bond acceptors (Lipinski definition) is 2. The van der Waals surface area contributed by atoms with Crippen LogP contribution in [-0.2, 0) is 0 Å². The van der Waals surface area contributed by atoms with E-state index < -0.39 is 0 Å². The minimum atomic E-state index is 0.280. The Labute approximate surface area is 127 Å². The Morgan fingerprint density at radius 2 is 1.65 bits per heavy atom. The number of likely N-dealkylation sites (N-methyl/N-ethyl adjacent to an activating group) is 1. The minimum absolute atomic E-state index is 0.280. The van der Waals surface area contributed by atoms with Gasteiger partial charge in [0.2, 0.25) is 0 Å². The topological polar surface area (TPSA) is 15.3 Å². The van der Waals surface area contributed by atoms with Gasteiger partial charge in [-0.2, -0.15) is 0 Å². The molecule has 0 aromatic heterocycles. The zero-order chi connectivity index (χ0) is 15.0. The number of likely N-dealkylation sites (tertiary alicyclic amines) is 1. The van der Waals surface area contributed by atoms with E-state index in [0.717, 1.165) is 12.5 Å². The minimum Gasteiger partial charge on any atom is -0.312 e. The third kappa shape index (κ3) is 5.37. The molecule has 0 saturated carbocycles. The van der Waals surface area contributed by atoms with Crippen LogP contribution in [0.1, 0.15) is 79.6 Å². The van der Waals surface area contributed by atoms with Crippen LogP contribution in [0.25, 0.3) is 0 Å². The van der Waals surface area contributed by atoms with Crippen LogP contribution < -0.4 is 5.32 Å². The molecule has 0 spiro atoms. The zero-order valence-electron chi connectivity index (χ0n) is 14.7. The van der Waals surface area contributed by atoms with Crippen LogP contribution in [0.5, 0.6) is 0 Å². The summed E-state index contributed by atoms with van der Waals surface area (Å²) in [4.78, 5) is 2.76. The molecule has 1 heterocycles. The van der Waals surface area contributed by atoms with Gasteiger partial charge in [0.15, 0.2) is 0 Å². The van der Waals surface area contributed by atoms with Gasteiger partial charge in [-0.05, 0) is 58.7 Å². The van der Waals surface area contributed by atoms with Crippen LogP contribution in [0.3, 0.4) is 0 Å². The molecule has 1 saturated heterocycles. The van der Waals surface area contributed by atoms with E-state index in [1.165, 1.54) is 58.0 Å². The highest BCUT2D eigenvalue weighted by Crippen LogP contribution is 2.28. The van der Waals surface area contributed by atoms with E-state index in [2.05, 4.69) is 44.8 Å².